The molecule has 1 saturated heterocycles. The highest BCUT2D eigenvalue weighted by atomic mass is 19.4. The first-order valence-electron chi connectivity index (χ1n) is 10.7. The van der Waals surface area contributed by atoms with Crippen LogP contribution >= 0.6 is 0 Å². The molecule has 2 aromatic carbocycles. The Morgan fingerprint density at radius 1 is 0.750 bits per heavy atom. The molecule has 0 saturated carbocycles. The predicted molar refractivity (Wildman–Crippen MR) is 118 cm³/mol. The van der Waals surface area contributed by atoms with Crippen molar-refractivity contribution in [2.24, 2.45) is 0 Å². The molecule has 1 aromatic heterocycles. The van der Waals surface area contributed by atoms with E-state index in [2.05, 4.69) is 9.88 Å². The van der Waals surface area contributed by atoms with Gasteiger partial charge in [0.05, 0.1) is 6.54 Å². The first-order chi connectivity index (χ1) is 15.4. The number of halogens is 4. The third-order valence-corrected chi connectivity index (χ3v) is 5.75. The fraction of sp³-hybridized carbons (Fsp3) is 0.320. The van der Waals surface area contributed by atoms with Crippen molar-refractivity contribution in [3.05, 3.63) is 83.9 Å². The first kappa shape index (κ1) is 22.3. The Bertz CT molecular complexity index is 1010. The van der Waals surface area contributed by atoms with Gasteiger partial charge in [0.15, 0.2) is 0 Å². The molecule has 0 aliphatic carbocycles. The number of pyridine rings is 1. The van der Waals surface area contributed by atoms with Crippen LogP contribution in [0.5, 0.6) is 0 Å². The van der Waals surface area contributed by atoms with Crippen molar-refractivity contribution in [3.8, 4) is 11.1 Å². The second kappa shape index (κ2) is 9.69. The Morgan fingerprint density at radius 3 is 2.06 bits per heavy atom. The smallest absolute Gasteiger partial charge is 0.369 e. The second-order valence-corrected chi connectivity index (χ2v) is 8.13. The van der Waals surface area contributed by atoms with Crippen molar-refractivity contribution in [2.45, 2.75) is 19.0 Å². The van der Waals surface area contributed by atoms with Gasteiger partial charge in [-0.2, -0.15) is 13.2 Å². The topological polar surface area (TPSA) is 19.4 Å². The van der Waals surface area contributed by atoms with Gasteiger partial charge in [0.25, 0.3) is 0 Å². The van der Waals surface area contributed by atoms with Crippen LogP contribution in [0.2, 0.25) is 0 Å². The maximum absolute atomic E-state index is 14.1. The number of piperazine rings is 1. The molecular formula is C25H25F4N3. The van der Waals surface area contributed by atoms with Crippen molar-refractivity contribution in [1.82, 2.24) is 9.88 Å². The molecule has 1 aliphatic heterocycles. The molecule has 3 aromatic rings. The number of anilines is 1. The van der Waals surface area contributed by atoms with Gasteiger partial charge >= 0.3 is 6.18 Å². The highest BCUT2D eigenvalue weighted by Crippen LogP contribution is 2.24. The zero-order valence-electron chi connectivity index (χ0n) is 17.7. The van der Waals surface area contributed by atoms with Gasteiger partial charge in [-0.05, 0) is 71.5 Å². The summed E-state index contributed by atoms with van der Waals surface area (Å²) >= 11 is 0. The van der Waals surface area contributed by atoms with Crippen LogP contribution in [0.25, 0.3) is 11.1 Å². The van der Waals surface area contributed by atoms with Gasteiger partial charge in [-0.1, -0.05) is 18.2 Å². The second-order valence-electron chi connectivity index (χ2n) is 8.13. The molecule has 0 spiro atoms. The van der Waals surface area contributed by atoms with Crippen LogP contribution < -0.4 is 4.90 Å². The molecule has 168 valence electrons. The van der Waals surface area contributed by atoms with Crippen LogP contribution in [0.4, 0.5) is 23.2 Å². The Morgan fingerprint density at radius 2 is 1.41 bits per heavy atom. The third kappa shape index (κ3) is 6.07. The Balaban J connectivity index is 1.34. The lowest BCUT2D eigenvalue weighted by molar-refractivity contribution is -0.146. The maximum Gasteiger partial charge on any atom is 0.401 e. The third-order valence-electron chi connectivity index (χ3n) is 5.75. The molecule has 3 nitrogen and oxygen atoms in total. The molecule has 0 amide bonds. The molecule has 0 unspecified atom stereocenters. The lowest BCUT2D eigenvalue weighted by Crippen LogP contribution is -2.49. The standard InChI is InChI=1S/C25H25F4N3/c26-23-16-20(15-22(17-23)21-7-9-30-10-8-21)2-1-19-3-5-24(6-4-19)32-13-11-31(12-14-32)18-25(27,28)29/h3-10,15-17H,1-2,11-14,18H2. The summed E-state index contributed by atoms with van der Waals surface area (Å²) in [5.74, 6) is -0.255. The summed E-state index contributed by atoms with van der Waals surface area (Å²) in [6.45, 7) is 1.12. The van der Waals surface area contributed by atoms with Gasteiger partial charge in [0.2, 0.25) is 0 Å². The SMILES string of the molecule is Fc1cc(CCc2ccc(N3CCN(CC(F)(F)F)CC3)cc2)cc(-c2ccncc2)c1. The summed E-state index contributed by atoms with van der Waals surface area (Å²) in [5, 5.41) is 0. The number of hydrogen-bond acceptors (Lipinski definition) is 3. The fourth-order valence-electron chi connectivity index (χ4n) is 4.09. The summed E-state index contributed by atoms with van der Waals surface area (Å²) in [4.78, 5) is 7.57. The van der Waals surface area contributed by atoms with Crippen LogP contribution in [-0.4, -0.2) is 48.8 Å². The molecule has 2 heterocycles. The number of aryl methyl sites for hydroxylation is 2. The van der Waals surface area contributed by atoms with Crippen LogP contribution in [0, 0.1) is 5.82 Å². The molecule has 0 radical (unpaired) electrons. The van der Waals surface area contributed by atoms with Crippen LogP contribution in [0.1, 0.15) is 11.1 Å². The van der Waals surface area contributed by atoms with E-state index >= 15 is 0 Å². The summed E-state index contributed by atoms with van der Waals surface area (Å²) in [5.41, 5.74) is 4.86. The van der Waals surface area contributed by atoms with Gasteiger partial charge in [0.1, 0.15) is 5.82 Å². The van der Waals surface area contributed by atoms with E-state index in [1.807, 2.05) is 42.5 Å². The van der Waals surface area contributed by atoms with Crippen LogP contribution in [-0.2, 0) is 12.8 Å². The summed E-state index contributed by atoms with van der Waals surface area (Å²) in [6, 6.07) is 16.9. The average molecular weight is 443 g/mol. The molecule has 7 heteroatoms. The molecule has 1 aliphatic rings. The van der Waals surface area contributed by atoms with E-state index in [0.29, 0.717) is 32.6 Å². The largest absolute Gasteiger partial charge is 0.401 e. The van der Waals surface area contributed by atoms with Gasteiger partial charge in [-0.25, -0.2) is 4.39 Å². The first-order valence-corrected chi connectivity index (χ1v) is 10.7. The number of hydrogen-bond donors (Lipinski definition) is 0. The number of aromatic nitrogens is 1. The van der Waals surface area contributed by atoms with E-state index in [-0.39, 0.29) is 5.82 Å². The monoisotopic (exact) mass is 443 g/mol. The van der Waals surface area contributed by atoms with Crippen molar-refractivity contribution in [1.29, 1.82) is 0 Å². The molecule has 4 rings (SSSR count). The number of alkyl halides is 3. The molecular weight excluding hydrogens is 418 g/mol. The van der Waals surface area contributed by atoms with E-state index in [4.69, 9.17) is 0 Å². The van der Waals surface area contributed by atoms with E-state index in [9.17, 15) is 17.6 Å². The van der Waals surface area contributed by atoms with E-state index in [1.165, 1.54) is 11.0 Å². The van der Waals surface area contributed by atoms with Crippen molar-refractivity contribution in [2.75, 3.05) is 37.6 Å². The Labute approximate surface area is 185 Å². The minimum absolute atomic E-state index is 0.255. The van der Waals surface area contributed by atoms with Crippen molar-refractivity contribution < 1.29 is 17.6 Å². The molecule has 0 N–H and O–H groups in total. The normalized spacial score (nSPS) is 15.2. The quantitative estimate of drug-likeness (QED) is 0.479. The van der Waals surface area contributed by atoms with E-state index in [1.54, 1.807) is 18.5 Å². The minimum Gasteiger partial charge on any atom is -0.369 e. The Kier molecular flexibility index (Phi) is 6.74. The van der Waals surface area contributed by atoms with E-state index < -0.39 is 12.7 Å². The van der Waals surface area contributed by atoms with Crippen LogP contribution in [0.3, 0.4) is 0 Å². The summed E-state index contributed by atoms with van der Waals surface area (Å²) in [7, 11) is 0. The zero-order chi connectivity index (χ0) is 22.6. The van der Waals surface area contributed by atoms with Gasteiger partial charge in [0, 0.05) is 44.3 Å². The highest BCUT2D eigenvalue weighted by molar-refractivity contribution is 5.63. The van der Waals surface area contributed by atoms with Gasteiger partial charge in [-0.15, -0.1) is 0 Å². The number of benzene rings is 2. The van der Waals surface area contributed by atoms with Crippen molar-refractivity contribution >= 4 is 5.69 Å². The molecule has 0 bridgehead atoms. The minimum atomic E-state index is -4.15. The lowest BCUT2D eigenvalue weighted by atomic mass is 9.99. The average Bonchev–Trinajstić information content (AvgIpc) is 2.78. The van der Waals surface area contributed by atoms with E-state index in [0.717, 1.165) is 34.4 Å². The lowest BCUT2D eigenvalue weighted by Gasteiger charge is -2.36. The van der Waals surface area contributed by atoms with Crippen molar-refractivity contribution in [3.63, 3.8) is 0 Å². The number of nitrogens with zero attached hydrogens (tertiary/aromatic N) is 3. The fourth-order valence-corrected chi connectivity index (χ4v) is 4.09. The van der Waals surface area contributed by atoms with Gasteiger partial charge in [-0.3, -0.25) is 9.88 Å². The van der Waals surface area contributed by atoms with Crippen LogP contribution in [0.15, 0.2) is 67.0 Å². The summed E-state index contributed by atoms with van der Waals surface area (Å²) in [6.07, 6.45) is 0.726. The predicted octanol–water partition coefficient (Wildman–Crippen LogP) is 5.36. The number of rotatable bonds is 6. The molecule has 0 atom stereocenters. The summed E-state index contributed by atoms with van der Waals surface area (Å²) < 4.78 is 51.8. The Hall–Kier alpha value is -2.93. The maximum atomic E-state index is 14.1. The zero-order valence-corrected chi connectivity index (χ0v) is 17.7. The highest BCUT2D eigenvalue weighted by Gasteiger charge is 2.32. The molecule has 32 heavy (non-hydrogen) atoms. The van der Waals surface area contributed by atoms with Gasteiger partial charge < -0.3 is 4.90 Å². The molecule has 1 fully saturated rings.